The molecule has 5 nitrogen and oxygen atoms in total. The van der Waals surface area contributed by atoms with Gasteiger partial charge in [-0.05, 0) is 60.8 Å². The van der Waals surface area contributed by atoms with Crippen LogP contribution in [-0.4, -0.2) is 19.7 Å². The SMILES string of the molecule is NS(=O)(=O)c1ccc(Cc2ccc3c(c2)NC(=S)N[C@]3(C#CC2CC2)C(F)(F)F)cc1. The summed E-state index contributed by atoms with van der Waals surface area (Å²) in [5, 5.41) is 10.1. The molecule has 1 fully saturated rings. The molecule has 1 atom stereocenters. The molecule has 162 valence electrons. The van der Waals surface area contributed by atoms with Crippen molar-refractivity contribution in [2.75, 3.05) is 5.32 Å². The van der Waals surface area contributed by atoms with Crippen LogP contribution in [0.3, 0.4) is 0 Å². The van der Waals surface area contributed by atoms with Crippen LogP contribution in [0.1, 0.15) is 29.5 Å². The van der Waals surface area contributed by atoms with Crippen molar-refractivity contribution in [1.29, 1.82) is 0 Å². The molecule has 0 bridgehead atoms. The normalized spacial score (nSPS) is 20.7. The Morgan fingerprint density at radius 1 is 1.13 bits per heavy atom. The predicted octanol–water partition coefficient (Wildman–Crippen LogP) is 3.40. The van der Waals surface area contributed by atoms with E-state index in [4.69, 9.17) is 17.4 Å². The van der Waals surface area contributed by atoms with Gasteiger partial charge in [-0.15, -0.1) is 0 Å². The molecule has 0 amide bonds. The fraction of sp³-hybridized carbons (Fsp3) is 0.286. The highest BCUT2D eigenvalue weighted by Crippen LogP contribution is 2.44. The van der Waals surface area contributed by atoms with Crippen molar-refractivity contribution < 1.29 is 21.6 Å². The molecule has 31 heavy (non-hydrogen) atoms. The average Bonchev–Trinajstić information content (AvgIpc) is 3.49. The van der Waals surface area contributed by atoms with E-state index < -0.39 is 21.7 Å². The third kappa shape index (κ3) is 4.39. The minimum Gasteiger partial charge on any atom is -0.335 e. The lowest BCUT2D eigenvalue weighted by Gasteiger charge is -2.38. The number of hydrogen-bond acceptors (Lipinski definition) is 3. The van der Waals surface area contributed by atoms with Gasteiger partial charge in [0.1, 0.15) is 0 Å². The summed E-state index contributed by atoms with van der Waals surface area (Å²) in [4.78, 5) is -0.0102. The lowest BCUT2D eigenvalue weighted by atomic mass is 9.85. The standard InChI is InChI=1S/C21H18F3N3O2S2/c22-21(23,24)20(10-9-13-1-2-13)17-8-5-15(12-18(17)26-19(30)27-20)11-14-3-6-16(7-4-14)31(25,28)29/h3-8,12-13H,1-2,11H2,(H2,25,28,29)(H2,26,27,30)/t20-/m0/s1. The van der Waals surface area contributed by atoms with Gasteiger partial charge in [-0.25, -0.2) is 13.6 Å². The summed E-state index contributed by atoms with van der Waals surface area (Å²) >= 11 is 5.06. The molecule has 2 aromatic rings. The maximum Gasteiger partial charge on any atom is 0.427 e. The molecule has 1 aliphatic carbocycles. The van der Waals surface area contributed by atoms with Crippen molar-refractivity contribution >= 4 is 33.0 Å². The van der Waals surface area contributed by atoms with Gasteiger partial charge >= 0.3 is 6.18 Å². The number of fused-ring (bicyclic) bond motifs is 1. The predicted molar refractivity (Wildman–Crippen MR) is 115 cm³/mol. The number of nitrogens with one attached hydrogen (secondary N) is 2. The molecular weight excluding hydrogens is 447 g/mol. The van der Waals surface area contributed by atoms with Gasteiger partial charge in [0, 0.05) is 17.2 Å². The topological polar surface area (TPSA) is 84.2 Å². The first kappa shape index (κ1) is 21.6. The molecule has 4 N–H and O–H groups in total. The minimum absolute atomic E-state index is 0.00693. The summed E-state index contributed by atoms with van der Waals surface area (Å²) in [5.74, 6) is 5.15. The number of rotatable bonds is 3. The second kappa shape index (κ2) is 7.51. The van der Waals surface area contributed by atoms with Crippen LogP contribution in [0.25, 0.3) is 0 Å². The Bertz CT molecular complexity index is 1210. The third-order valence-electron chi connectivity index (χ3n) is 5.16. The summed E-state index contributed by atoms with van der Waals surface area (Å²) in [5.41, 5.74) is -0.854. The Labute approximate surface area is 183 Å². The molecule has 1 saturated carbocycles. The van der Waals surface area contributed by atoms with Crippen LogP contribution >= 0.6 is 12.2 Å². The number of primary sulfonamides is 1. The Kier molecular flexibility index (Phi) is 5.24. The molecular formula is C21H18F3N3O2S2. The van der Waals surface area contributed by atoms with Gasteiger partial charge in [-0.2, -0.15) is 13.2 Å². The Morgan fingerprint density at radius 2 is 1.77 bits per heavy atom. The number of hydrogen-bond donors (Lipinski definition) is 3. The number of alkyl halides is 3. The molecule has 0 unspecified atom stereocenters. The van der Waals surface area contributed by atoms with E-state index in [1.165, 1.54) is 18.2 Å². The second-order valence-corrected chi connectivity index (χ2v) is 9.59. The second-order valence-electron chi connectivity index (χ2n) is 7.62. The Hall–Kier alpha value is -2.61. The number of nitrogens with two attached hydrogens (primary N) is 1. The zero-order valence-electron chi connectivity index (χ0n) is 16.1. The van der Waals surface area contributed by atoms with Crippen LogP contribution in [0.5, 0.6) is 0 Å². The van der Waals surface area contributed by atoms with Crippen molar-refractivity contribution in [1.82, 2.24) is 5.32 Å². The van der Waals surface area contributed by atoms with Crippen molar-refractivity contribution in [3.8, 4) is 11.8 Å². The van der Waals surface area contributed by atoms with Crippen molar-refractivity contribution in [2.45, 2.75) is 35.9 Å². The molecule has 1 heterocycles. The van der Waals surface area contributed by atoms with E-state index in [0.29, 0.717) is 6.42 Å². The largest absolute Gasteiger partial charge is 0.427 e. The van der Waals surface area contributed by atoms with E-state index >= 15 is 0 Å². The molecule has 0 radical (unpaired) electrons. The highest BCUT2D eigenvalue weighted by molar-refractivity contribution is 7.89. The number of anilines is 1. The van der Waals surface area contributed by atoms with Gasteiger partial charge in [0.15, 0.2) is 5.11 Å². The summed E-state index contributed by atoms with van der Waals surface area (Å²) in [6.45, 7) is 0. The maximum atomic E-state index is 14.2. The number of benzene rings is 2. The van der Waals surface area contributed by atoms with Crippen molar-refractivity contribution in [3.05, 3.63) is 59.2 Å². The smallest absolute Gasteiger partial charge is 0.335 e. The first-order valence-corrected chi connectivity index (χ1v) is 11.4. The third-order valence-corrected chi connectivity index (χ3v) is 6.30. The zero-order chi connectivity index (χ0) is 22.4. The fourth-order valence-electron chi connectivity index (χ4n) is 3.39. The van der Waals surface area contributed by atoms with E-state index in [9.17, 15) is 21.6 Å². The van der Waals surface area contributed by atoms with Gasteiger partial charge in [0.05, 0.1) is 4.90 Å². The first-order chi connectivity index (χ1) is 14.5. The minimum atomic E-state index is -4.68. The summed E-state index contributed by atoms with van der Waals surface area (Å²) in [6, 6.07) is 10.6. The Balaban J connectivity index is 1.69. The van der Waals surface area contributed by atoms with Crippen LogP contribution in [0, 0.1) is 17.8 Å². The summed E-state index contributed by atoms with van der Waals surface area (Å²) in [7, 11) is -3.80. The molecule has 4 rings (SSSR count). The van der Waals surface area contributed by atoms with Crippen molar-refractivity contribution in [2.24, 2.45) is 11.1 Å². The lowest BCUT2D eigenvalue weighted by molar-refractivity contribution is -0.177. The molecule has 0 saturated heterocycles. The summed E-state index contributed by atoms with van der Waals surface area (Å²) in [6.07, 6.45) is -2.69. The monoisotopic (exact) mass is 465 g/mol. The highest BCUT2D eigenvalue weighted by atomic mass is 32.2. The summed E-state index contributed by atoms with van der Waals surface area (Å²) < 4.78 is 65.3. The quantitative estimate of drug-likeness (QED) is 0.478. The van der Waals surface area contributed by atoms with Crippen LogP contribution in [0.4, 0.5) is 18.9 Å². The van der Waals surface area contributed by atoms with Crippen LogP contribution < -0.4 is 15.8 Å². The average molecular weight is 466 g/mol. The van der Waals surface area contributed by atoms with Crippen molar-refractivity contribution in [3.63, 3.8) is 0 Å². The molecule has 10 heteroatoms. The zero-order valence-corrected chi connectivity index (χ0v) is 17.7. The van der Waals surface area contributed by atoms with E-state index in [2.05, 4.69) is 22.5 Å². The molecule has 2 aliphatic rings. The number of sulfonamides is 1. The molecule has 1 aliphatic heterocycles. The maximum absolute atomic E-state index is 14.2. The molecule has 2 aromatic carbocycles. The first-order valence-electron chi connectivity index (χ1n) is 9.42. The Morgan fingerprint density at radius 3 is 2.35 bits per heavy atom. The van der Waals surface area contributed by atoms with Gasteiger partial charge in [0.2, 0.25) is 15.6 Å². The molecule has 0 aromatic heterocycles. The van der Waals surface area contributed by atoms with E-state index in [1.807, 2.05) is 0 Å². The lowest BCUT2D eigenvalue weighted by Crippen LogP contribution is -2.59. The van der Waals surface area contributed by atoms with Gasteiger partial charge in [-0.3, -0.25) is 0 Å². The van der Waals surface area contributed by atoms with E-state index in [-0.39, 0.29) is 27.2 Å². The highest BCUT2D eigenvalue weighted by Gasteiger charge is 2.58. The van der Waals surface area contributed by atoms with Crippen LogP contribution in [0.2, 0.25) is 0 Å². The van der Waals surface area contributed by atoms with E-state index in [0.717, 1.165) is 24.0 Å². The van der Waals surface area contributed by atoms with E-state index in [1.54, 1.807) is 24.3 Å². The number of halogens is 3. The van der Waals surface area contributed by atoms with Gasteiger partial charge < -0.3 is 10.6 Å². The van der Waals surface area contributed by atoms with Crippen LogP contribution in [-0.2, 0) is 22.0 Å². The molecule has 0 spiro atoms. The van der Waals surface area contributed by atoms with Crippen LogP contribution in [0.15, 0.2) is 47.4 Å². The van der Waals surface area contributed by atoms with Gasteiger partial charge in [-0.1, -0.05) is 36.1 Å². The fourth-order valence-corrected chi connectivity index (χ4v) is 4.17. The van der Waals surface area contributed by atoms with Gasteiger partial charge in [0.25, 0.3) is 0 Å². The number of thiocarbonyl (C=S) groups is 1.